The molecular formula is C20H21N3O2. The molecular weight excluding hydrogens is 314 g/mol. The number of nitrogens with two attached hydrogens (primary N) is 1. The maximum Gasteiger partial charge on any atom is 0.339 e. The Morgan fingerprint density at radius 2 is 1.88 bits per heavy atom. The van der Waals surface area contributed by atoms with Crippen LogP contribution in [0.4, 0.5) is 11.4 Å². The maximum absolute atomic E-state index is 11.5. The molecule has 0 radical (unpaired) electrons. The quantitative estimate of drug-likeness (QED) is 0.449. The van der Waals surface area contributed by atoms with Crippen LogP contribution in [0.1, 0.15) is 28.8 Å². The minimum Gasteiger partial charge on any atom is -0.478 e. The fraction of sp³-hybridized carbons (Fsp3) is 0.200. The van der Waals surface area contributed by atoms with Gasteiger partial charge < -0.3 is 16.2 Å². The first-order valence-corrected chi connectivity index (χ1v) is 8.35. The molecule has 0 aliphatic carbocycles. The number of hydrogen-bond donors (Lipinski definition) is 3. The summed E-state index contributed by atoms with van der Waals surface area (Å²) in [6, 6.07) is 15.8. The van der Waals surface area contributed by atoms with Crippen molar-refractivity contribution in [3.05, 3.63) is 65.9 Å². The number of aryl methyl sites for hydroxylation is 1. The van der Waals surface area contributed by atoms with Crippen molar-refractivity contribution in [2.45, 2.75) is 19.3 Å². The number of nitrogen functional groups attached to an aromatic ring is 1. The van der Waals surface area contributed by atoms with Gasteiger partial charge in [-0.2, -0.15) is 0 Å². The largest absolute Gasteiger partial charge is 0.478 e. The van der Waals surface area contributed by atoms with Crippen molar-refractivity contribution in [3.63, 3.8) is 0 Å². The average Bonchev–Trinajstić information content (AvgIpc) is 2.62. The highest BCUT2D eigenvalue weighted by Crippen LogP contribution is 2.29. The van der Waals surface area contributed by atoms with Crippen molar-refractivity contribution in [2.75, 3.05) is 17.6 Å². The third kappa shape index (κ3) is 3.88. The van der Waals surface area contributed by atoms with Crippen LogP contribution in [0.15, 0.2) is 54.7 Å². The number of anilines is 2. The van der Waals surface area contributed by atoms with Crippen molar-refractivity contribution < 1.29 is 9.90 Å². The van der Waals surface area contributed by atoms with Crippen LogP contribution in [0.5, 0.6) is 0 Å². The van der Waals surface area contributed by atoms with Crippen molar-refractivity contribution in [1.29, 1.82) is 0 Å². The SMILES string of the molecule is Nc1cccc2c(NCCCCc3ccccc3)c(C(=O)O)cnc12. The number of aromatic nitrogens is 1. The second-order valence-electron chi connectivity index (χ2n) is 5.96. The van der Waals surface area contributed by atoms with Crippen LogP contribution in [0.2, 0.25) is 0 Å². The summed E-state index contributed by atoms with van der Waals surface area (Å²) in [5.41, 5.74) is 9.19. The smallest absolute Gasteiger partial charge is 0.339 e. The summed E-state index contributed by atoms with van der Waals surface area (Å²) in [5, 5.41) is 13.4. The van der Waals surface area contributed by atoms with Gasteiger partial charge in [-0.1, -0.05) is 42.5 Å². The molecule has 0 fully saturated rings. The Balaban J connectivity index is 1.70. The number of carboxylic acid groups (broad SMARTS) is 1. The van der Waals surface area contributed by atoms with E-state index in [0.29, 0.717) is 23.4 Å². The van der Waals surface area contributed by atoms with Gasteiger partial charge in [0.25, 0.3) is 0 Å². The number of benzene rings is 2. The van der Waals surface area contributed by atoms with Crippen LogP contribution in [0.3, 0.4) is 0 Å². The molecule has 0 bridgehead atoms. The number of carboxylic acids is 1. The molecule has 0 saturated heterocycles. The molecule has 4 N–H and O–H groups in total. The van der Waals surface area contributed by atoms with Gasteiger partial charge in [0.2, 0.25) is 0 Å². The van der Waals surface area contributed by atoms with Crippen LogP contribution >= 0.6 is 0 Å². The van der Waals surface area contributed by atoms with E-state index in [1.165, 1.54) is 11.8 Å². The summed E-state index contributed by atoms with van der Waals surface area (Å²) in [4.78, 5) is 15.7. The van der Waals surface area contributed by atoms with Gasteiger partial charge in [-0.25, -0.2) is 4.79 Å². The summed E-state index contributed by atoms with van der Waals surface area (Å²) < 4.78 is 0. The van der Waals surface area contributed by atoms with E-state index in [4.69, 9.17) is 5.73 Å². The molecule has 1 aromatic heterocycles. The van der Waals surface area contributed by atoms with Gasteiger partial charge in [0.15, 0.2) is 0 Å². The van der Waals surface area contributed by atoms with Gasteiger partial charge in [0, 0.05) is 18.1 Å². The zero-order chi connectivity index (χ0) is 17.6. The molecule has 0 atom stereocenters. The van der Waals surface area contributed by atoms with E-state index in [-0.39, 0.29) is 5.56 Å². The first-order valence-electron chi connectivity index (χ1n) is 8.35. The molecule has 1 heterocycles. The van der Waals surface area contributed by atoms with E-state index in [1.54, 1.807) is 6.07 Å². The molecule has 0 aliphatic heterocycles. The third-order valence-corrected chi connectivity index (χ3v) is 4.20. The molecule has 128 valence electrons. The zero-order valence-electron chi connectivity index (χ0n) is 13.9. The van der Waals surface area contributed by atoms with E-state index >= 15 is 0 Å². The lowest BCUT2D eigenvalue weighted by Crippen LogP contribution is -2.10. The van der Waals surface area contributed by atoms with Crippen LogP contribution in [-0.2, 0) is 6.42 Å². The Morgan fingerprint density at radius 3 is 2.64 bits per heavy atom. The van der Waals surface area contributed by atoms with Gasteiger partial charge in [0.05, 0.1) is 16.9 Å². The number of unbranched alkanes of at least 4 members (excludes halogenated alkanes) is 1. The Labute approximate surface area is 146 Å². The van der Waals surface area contributed by atoms with Crippen molar-refractivity contribution in [2.24, 2.45) is 0 Å². The predicted molar refractivity (Wildman–Crippen MR) is 101 cm³/mol. The summed E-state index contributed by atoms with van der Waals surface area (Å²) in [5.74, 6) is -0.997. The molecule has 5 heteroatoms. The Bertz CT molecular complexity index is 879. The van der Waals surface area contributed by atoms with Crippen LogP contribution in [0, 0.1) is 0 Å². The lowest BCUT2D eigenvalue weighted by molar-refractivity contribution is 0.0697. The molecule has 2 aromatic carbocycles. The topological polar surface area (TPSA) is 88.2 Å². The molecule has 0 spiro atoms. The Hall–Kier alpha value is -3.08. The fourth-order valence-corrected chi connectivity index (χ4v) is 2.91. The molecule has 0 unspecified atom stereocenters. The van der Waals surface area contributed by atoms with Gasteiger partial charge in [0.1, 0.15) is 5.56 Å². The first kappa shape index (κ1) is 16.8. The molecule has 0 amide bonds. The van der Waals surface area contributed by atoms with Gasteiger partial charge in [-0.3, -0.25) is 4.98 Å². The minimum absolute atomic E-state index is 0.168. The lowest BCUT2D eigenvalue weighted by Gasteiger charge is -2.13. The molecule has 5 nitrogen and oxygen atoms in total. The summed E-state index contributed by atoms with van der Waals surface area (Å²) in [6.45, 7) is 0.695. The van der Waals surface area contributed by atoms with E-state index in [0.717, 1.165) is 24.6 Å². The van der Waals surface area contributed by atoms with Crippen LogP contribution < -0.4 is 11.1 Å². The number of hydrogen-bond acceptors (Lipinski definition) is 4. The monoisotopic (exact) mass is 335 g/mol. The van der Waals surface area contributed by atoms with Gasteiger partial charge in [-0.15, -0.1) is 0 Å². The molecule has 3 aromatic rings. The highest BCUT2D eigenvalue weighted by atomic mass is 16.4. The fourth-order valence-electron chi connectivity index (χ4n) is 2.91. The standard InChI is InChI=1S/C20H21N3O2/c21-17-11-6-10-15-18(16(20(24)25)13-23-19(15)17)22-12-5-4-9-14-7-2-1-3-8-14/h1-3,6-8,10-11,13H,4-5,9,12,21H2,(H,22,23)(H,24,25). The van der Waals surface area contributed by atoms with Crippen LogP contribution in [-0.4, -0.2) is 22.6 Å². The number of rotatable bonds is 7. The number of pyridine rings is 1. The highest BCUT2D eigenvalue weighted by molar-refractivity contribution is 6.06. The van der Waals surface area contributed by atoms with Crippen molar-refractivity contribution in [3.8, 4) is 0 Å². The predicted octanol–water partition coefficient (Wildman–Crippen LogP) is 3.95. The Morgan fingerprint density at radius 1 is 1.08 bits per heavy atom. The molecule has 0 saturated carbocycles. The second-order valence-corrected chi connectivity index (χ2v) is 5.96. The second kappa shape index (κ2) is 7.66. The van der Waals surface area contributed by atoms with Gasteiger partial charge >= 0.3 is 5.97 Å². The normalized spacial score (nSPS) is 10.7. The van der Waals surface area contributed by atoms with Crippen molar-refractivity contribution in [1.82, 2.24) is 4.98 Å². The number of nitrogens with zero attached hydrogens (tertiary/aromatic N) is 1. The number of nitrogens with one attached hydrogen (secondary N) is 1. The highest BCUT2D eigenvalue weighted by Gasteiger charge is 2.15. The van der Waals surface area contributed by atoms with E-state index in [9.17, 15) is 9.90 Å². The number of para-hydroxylation sites is 1. The summed E-state index contributed by atoms with van der Waals surface area (Å²) in [6.07, 6.45) is 4.36. The lowest BCUT2D eigenvalue weighted by atomic mass is 10.1. The minimum atomic E-state index is -0.997. The van der Waals surface area contributed by atoms with Gasteiger partial charge in [-0.05, 0) is 30.9 Å². The molecule has 3 rings (SSSR count). The first-order chi connectivity index (χ1) is 12.2. The van der Waals surface area contributed by atoms with E-state index in [2.05, 4.69) is 22.4 Å². The number of aromatic carboxylic acids is 1. The summed E-state index contributed by atoms with van der Waals surface area (Å²) >= 11 is 0. The zero-order valence-corrected chi connectivity index (χ0v) is 13.9. The van der Waals surface area contributed by atoms with E-state index in [1.807, 2.05) is 30.3 Å². The summed E-state index contributed by atoms with van der Waals surface area (Å²) in [7, 11) is 0. The number of fused-ring (bicyclic) bond motifs is 1. The average molecular weight is 335 g/mol. The third-order valence-electron chi connectivity index (χ3n) is 4.20. The van der Waals surface area contributed by atoms with Crippen molar-refractivity contribution >= 4 is 28.2 Å². The molecule has 0 aliphatic rings. The maximum atomic E-state index is 11.5. The number of carbonyl (C=O) groups is 1. The molecule has 25 heavy (non-hydrogen) atoms. The van der Waals surface area contributed by atoms with E-state index < -0.39 is 5.97 Å². The Kier molecular flexibility index (Phi) is 5.14. The van der Waals surface area contributed by atoms with Crippen LogP contribution in [0.25, 0.3) is 10.9 Å².